The quantitative estimate of drug-likeness (QED) is 0.385. The number of para-hydroxylation sites is 1. The average Bonchev–Trinajstić information content (AvgIpc) is 2.77. The van der Waals surface area contributed by atoms with Gasteiger partial charge in [-0.1, -0.05) is 30.8 Å². The van der Waals surface area contributed by atoms with Crippen molar-refractivity contribution >= 4 is 39.2 Å². The Balaban J connectivity index is 2.01. The number of benzene rings is 1. The molecule has 1 atom stereocenters. The minimum Gasteiger partial charge on any atom is -0.294 e. The minimum absolute atomic E-state index is 0.114. The molecule has 0 radical (unpaired) electrons. The molecule has 0 aliphatic heterocycles. The second kappa shape index (κ2) is 5.48. The van der Waals surface area contributed by atoms with E-state index < -0.39 is 0 Å². The van der Waals surface area contributed by atoms with Crippen molar-refractivity contribution in [3.05, 3.63) is 24.3 Å². The monoisotopic (exact) mass is 267 g/mol. The zero-order chi connectivity index (χ0) is 12.3. The number of carbonyl (C=O) groups is 1. The molecule has 0 spiro atoms. The third-order valence-corrected chi connectivity index (χ3v) is 4.76. The van der Waals surface area contributed by atoms with Gasteiger partial charge in [0.25, 0.3) is 0 Å². The van der Waals surface area contributed by atoms with Crippen molar-refractivity contribution in [1.29, 1.82) is 0 Å². The first kappa shape index (κ1) is 12.3. The van der Waals surface area contributed by atoms with E-state index in [4.69, 9.17) is 5.84 Å². The fourth-order valence-electron chi connectivity index (χ4n) is 1.33. The Bertz CT molecular complexity index is 493. The van der Waals surface area contributed by atoms with Crippen LogP contribution in [-0.4, -0.2) is 16.6 Å². The van der Waals surface area contributed by atoms with Crippen LogP contribution in [0.1, 0.15) is 6.92 Å². The van der Waals surface area contributed by atoms with Crippen molar-refractivity contribution in [1.82, 2.24) is 10.4 Å². The summed E-state index contributed by atoms with van der Waals surface area (Å²) in [5, 5.41) is 0. The fourth-order valence-corrected chi connectivity index (χ4v) is 3.44. The Morgan fingerprint density at radius 2 is 2.35 bits per heavy atom. The first-order valence-corrected chi connectivity index (χ1v) is 6.99. The van der Waals surface area contributed by atoms with Gasteiger partial charge in [-0.15, -0.1) is 11.3 Å². The summed E-state index contributed by atoms with van der Waals surface area (Å²) in [5.41, 5.74) is 3.17. The summed E-state index contributed by atoms with van der Waals surface area (Å²) >= 11 is 3.24. The first-order valence-electron chi connectivity index (χ1n) is 5.19. The number of nitrogens with one attached hydrogen (secondary N) is 1. The molecule has 1 aromatic heterocycles. The highest BCUT2D eigenvalue weighted by molar-refractivity contribution is 8.01. The number of hydrazine groups is 1. The normalized spacial score (nSPS) is 12.6. The highest BCUT2D eigenvalue weighted by Gasteiger charge is 2.13. The maximum Gasteiger partial charge on any atom is 0.237 e. The number of nitrogens with two attached hydrogens (primary N) is 1. The van der Waals surface area contributed by atoms with E-state index in [0.29, 0.717) is 5.75 Å². The van der Waals surface area contributed by atoms with Gasteiger partial charge in [-0.3, -0.25) is 10.2 Å². The molecule has 0 fully saturated rings. The van der Waals surface area contributed by atoms with Crippen LogP contribution in [0.2, 0.25) is 0 Å². The zero-order valence-corrected chi connectivity index (χ0v) is 11.0. The summed E-state index contributed by atoms with van der Waals surface area (Å²) in [5.74, 6) is 5.51. The van der Waals surface area contributed by atoms with Gasteiger partial charge in [0.1, 0.15) is 0 Å². The van der Waals surface area contributed by atoms with Crippen molar-refractivity contribution in [2.75, 3.05) is 5.75 Å². The third kappa shape index (κ3) is 2.96. The van der Waals surface area contributed by atoms with Crippen LogP contribution < -0.4 is 11.3 Å². The largest absolute Gasteiger partial charge is 0.294 e. The fraction of sp³-hybridized carbons (Fsp3) is 0.273. The smallest absolute Gasteiger partial charge is 0.237 e. The standard InChI is InChI=1S/C11H13N3OS2/c1-7(10(15)14-12)6-16-11-13-8-4-2-3-5-9(8)17-11/h2-5,7H,6,12H2,1H3,(H,14,15). The maximum absolute atomic E-state index is 11.2. The Hall–Kier alpha value is -1.11. The maximum atomic E-state index is 11.2. The predicted molar refractivity (Wildman–Crippen MR) is 71.8 cm³/mol. The van der Waals surface area contributed by atoms with Gasteiger partial charge in [-0.2, -0.15) is 0 Å². The molecule has 0 aliphatic rings. The highest BCUT2D eigenvalue weighted by Crippen LogP contribution is 2.30. The molecule has 6 heteroatoms. The topological polar surface area (TPSA) is 68.0 Å². The van der Waals surface area contributed by atoms with Crippen LogP contribution >= 0.6 is 23.1 Å². The van der Waals surface area contributed by atoms with Crippen LogP contribution in [0.15, 0.2) is 28.6 Å². The highest BCUT2D eigenvalue weighted by atomic mass is 32.2. The summed E-state index contributed by atoms with van der Waals surface area (Å²) in [4.78, 5) is 15.7. The number of fused-ring (bicyclic) bond motifs is 1. The number of carbonyl (C=O) groups excluding carboxylic acids is 1. The minimum atomic E-state index is -0.140. The molecule has 0 saturated carbocycles. The van der Waals surface area contributed by atoms with Crippen molar-refractivity contribution in [2.45, 2.75) is 11.3 Å². The van der Waals surface area contributed by atoms with Gasteiger partial charge in [0.2, 0.25) is 5.91 Å². The number of hydrogen-bond acceptors (Lipinski definition) is 5. The molecule has 90 valence electrons. The third-order valence-electron chi connectivity index (χ3n) is 2.32. The molecule has 2 aromatic rings. The van der Waals surface area contributed by atoms with E-state index in [-0.39, 0.29) is 11.8 Å². The van der Waals surface area contributed by atoms with E-state index >= 15 is 0 Å². The lowest BCUT2D eigenvalue weighted by molar-refractivity contribution is -0.123. The molecule has 1 amide bonds. The summed E-state index contributed by atoms with van der Waals surface area (Å²) < 4.78 is 2.16. The number of amides is 1. The van der Waals surface area contributed by atoms with Crippen LogP contribution in [0.4, 0.5) is 0 Å². The van der Waals surface area contributed by atoms with Crippen LogP contribution in [0.25, 0.3) is 10.2 Å². The van der Waals surface area contributed by atoms with Gasteiger partial charge in [-0.25, -0.2) is 10.8 Å². The molecular weight excluding hydrogens is 254 g/mol. The number of hydrogen-bond donors (Lipinski definition) is 2. The van der Waals surface area contributed by atoms with Gasteiger partial charge in [0, 0.05) is 11.7 Å². The molecule has 1 unspecified atom stereocenters. The Morgan fingerprint density at radius 1 is 1.59 bits per heavy atom. The Labute approximate surface area is 108 Å². The average molecular weight is 267 g/mol. The van der Waals surface area contributed by atoms with Crippen molar-refractivity contribution in [3.8, 4) is 0 Å². The molecule has 0 aliphatic carbocycles. The SMILES string of the molecule is CC(CSc1nc2ccccc2s1)C(=O)NN. The van der Waals surface area contributed by atoms with Gasteiger partial charge >= 0.3 is 0 Å². The Morgan fingerprint density at radius 3 is 3.06 bits per heavy atom. The number of nitrogens with zero attached hydrogens (tertiary/aromatic N) is 1. The molecule has 3 N–H and O–H groups in total. The van der Waals surface area contributed by atoms with Crippen LogP contribution in [0.5, 0.6) is 0 Å². The molecule has 4 nitrogen and oxygen atoms in total. The summed E-state index contributed by atoms with van der Waals surface area (Å²) in [6.45, 7) is 1.85. The summed E-state index contributed by atoms with van der Waals surface area (Å²) in [6, 6.07) is 8.01. The molecule has 1 heterocycles. The number of thiazole rings is 1. The molecule has 0 saturated heterocycles. The molecule has 0 bridgehead atoms. The van der Waals surface area contributed by atoms with E-state index in [2.05, 4.69) is 10.4 Å². The van der Waals surface area contributed by atoms with Crippen molar-refractivity contribution < 1.29 is 4.79 Å². The summed E-state index contributed by atoms with van der Waals surface area (Å²) in [6.07, 6.45) is 0. The molecule has 1 aromatic carbocycles. The second-order valence-corrected chi connectivity index (χ2v) is 5.97. The van der Waals surface area contributed by atoms with Crippen LogP contribution in [-0.2, 0) is 4.79 Å². The first-order chi connectivity index (χ1) is 8.20. The molecular formula is C11H13N3OS2. The Kier molecular flexibility index (Phi) is 3.98. The second-order valence-electron chi connectivity index (χ2n) is 3.67. The van der Waals surface area contributed by atoms with Gasteiger partial charge in [-0.05, 0) is 12.1 Å². The molecule has 2 rings (SSSR count). The van der Waals surface area contributed by atoms with Gasteiger partial charge < -0.3 is 0 Å². The van der Waals surface area contributed by atoms with E-state index in [1.165, 1.54) is 4.70 Å². The van der Waals surface area contributed by atoms with E-state index in [9.17, 15) is 4.79 Å². The summed E-state index contributed by atoms with van der Waals surface area (Å²) in [7, 11) is 0. The van der Waals surface area contributed by atoms with Gasteiger partial charge in [0.15, 0.2) is 4.34 Å². The zero-order valence-electron chi connectivity index (χ0n) is 9.34. The van der Waals surface area contributed by atoms with Crippen molar-refractivity contribution in [3.63, 3.8) is 0 Å². The lowest BCUT2D eigenvalue weighted by Crippen LogP contribution is -2.35. The number of thioether (sulfide) groups is 1. The lowest BCUT2D eigenvalue weighted by Gasteiger charge is -2.06. The molecule has 17 heavy (non-hydrogen) atoms. The van der Waals surface area contributed by atoms with Crippen molar-refractivity contribution in [2.24, 2.45) is 11.8 Å². The van der Waals surface area contributed by atoms with Crippen LogP contribution in [0.3, 0.4) is 0 Å². The van der Waals surface area contributed by atoms with Crippen LogP contribution in [0, 0.1) is 5.92 Å². The van der Waals surface area contributed by atoms with Gasteiger partial charge in [0.05, 0.1) is 10.2 Å². The van der Waals surface area contributed by atoms with E-state index in [0.717, 1.165) is 9.86 Å². The van der Waals surface area contributed by atoms with E-state index in [1.54, 1.807) is 23.1 Å². The van der Waals surface area contributed by atoms with E-state index in [1.807, 2.05) is 31.2 Å². The number of aromatic nitrogens is 1. The lowest BCUT2D eigenvalue weighted by atomic mass is 10.2. The predicted octanol–water partition coefficient (Wildman–Crippen LogP) is 2.01. The number of rotatable bonds is 4.